The fourth-order valence-corrected chi connectivity index (χ4v) is 3.48. The maximum Gasteiger partial charge on any atom is 0.142 e. The van der Waals surface area contributed by atoms with Crippen molar-refractivity contribution in [1.82, 2.24) is 9.97 Å². The van der Waals surface area contributed by atoms with Crippen molar-refractivity contribution in [1.29, 1.82) is 0 Å². The van der Waals surface area contributed by atoms with Gasteiger partial charge in [0.15, 0.2) is 0 Å². The highest BCUT2D eigenvalue weighted by Gasteiger charge is 2.26. The third-order valence-electron chi connectivity index (χ3n) is 5.30. The average Bonchev–Trinajstić information content (AvgIpc) is 2.68. The van der Waals surface area contributed by atoms with E-state index in [1.807, 2.05) is 36.4 Å². The Morgan fingerprint density at radius 3 is 2.07 bits per heavy atom. The fourth-order valence-electron chi connectivity index (χ4n) is 3.48. The van der Waals surface area contributed by atoms with Gasteiger partial charge in [-0.2, -0.15) is 0 Å². The molecule has 0 saturated heterocycles. The molecule has 0 fully saturated rings. The van der Waals surface area contributed by atoms with Gasteiger partial charge in [0.2, 0.25) is 0 Å². The summed E-state index contributed by atoms with van der Waals surface area (Å²) in [6, 6.07) is 15.9. The molecule has 3 rings (SSSR count). The molecular weight excluding hydrogens is 370 g/mol. The highest BCUT2D eigenvalue weighted by Crippen LogP contribution is 2.41. The highest BCUT2D eigenvalue weighted by molar-refractivity contribution is 5.64. The molecule has 2 N–H and O–H groups in total. The van der Waals surface area contributed by atoms with Crippen LogP contribution in [0.3, 0.4) is 0 Å². The maximum atomic E-state index is 11.2. The normalized spacial score (nSPS) is 13.1. The Kier molecular flexibility index (Phi) is 6.16. The first-order chi connectivity index (χ1) is 14.1. The lowest BCUT2D eigenvalue weighted by Gasteiger charge is -2.29. The number of aromatic hydroxyl groups is 1. The number of pyridine rings is 2. The van der Waals surface area contributed by atoms with Crippen molar-refractivity contribution in [2.75, 3.05) is 5.32 Å². The zero-order valence-electron chi connectivity index (χ0n) is 18.9. The van der Waals surface area contributed by atoms with Crippen molar-refractivity contribution in [3.05, 3.63) is 83.4 Å². The van der Waals surface area contributed by atoms with Gasteiger partial charge in [-0.15, -0.1) is 0 Å². The largest absolute Gasteiger partial charge is 0.505 e. The molecule has 1 atom stereocenters. The van der Waals surface area contributed by atoms with Gasteiger partial charge in [-0.05, 0) is 46.7 Å². The van der Waals surface area contributed by atoms with Gasteiger partial charge in [0.1, 0.15) is 5.75 Å². The van der Waals surface area contributed by atoms with Gasteiger partial charge in [-0.3, -0.25) is 9.97 Å². The van der Waals surface area contributed by atoms with Crippen LogP contribution in [0, 0.1) is 0 Å². The minimum absolute atomic E-state index is 0.0361. The van der Waals surface area contributed by atoms with Crippen LogP contribution in [0.2, 0.25) is 0 Å². The first-order valence-electron chi connectivity index (χ1n) is 10.5. The van der Waals surface area contributed by atoms with Gasteiger partial charge < -0.3 is 10.4 Å². The summed E-state index contributed by atoms with van der Waals surface area (Å²) in [6.07, 6.45) is 4.27. The predicted octanol–water partition coefficient (Wildman–Crippen LogP) is 6.17. The highest BCUT2D eigenvalue weighted by atomic mass is 16.3. The molecule has 3 aromatic rings. The quantitative estimate of drug-likeness (QED) is 0.500. The van der Waals surface area contributed by atoms with Crippen molar-refractivity contribution in [3.8, 4) is 5.75 Å². The second kappa shape index (κ2) is 8.47. The summed E-state index contributed by atoms with van der Waals surface area (Å²) < 4.78 is 0. The Morgan fingerprint density at radius 2 is 1.53 bits per heavy atom. The van der Waals surface area contributed by atoms with E-state index in [4.69, 9.17) is 0 Å². The third-order valence-corrected chi connectivity index (χ3v) is 5.30. The molecule has 158 valence electrons. The van der Waals surface area contributed by atoms with Crippen molar-refractivity contribution >= 4 is 5.69 Å². The summed E-state index contributed by atoms with van der Waals surface area (Å²) in [5.74, 6) is 0.303. The van der Waals surface area contributed by atoms with E-state index < -0.39 is 0 Å². The van der Waals surface area contributed by atoms with E-state index in [0.29, 0.717) is 12.2 Å². The molecule has 0 aliphatic heterocycles. The van der Waals surface area contributed by atoms with E-state index in [1.165, 1.54) is 5.56 Å². The number of aromatic nitrogens is 2. The fraction of sp³-hybridized carbons (Fsp3) is 0.385. The summed E-state index contributed by atoms with van der Waals surface area (Å²) >= 11 is 0. The van der Waals surface area contributed by atoms with Gasteiger partial charge in [0.05, 0.1) is 17.4 Å². The van der Waals surface area contributed by atoms with Gasteiger partial charge in [0, 0.05) is 30.1 Å². The summed E-state index contributed by atoms with van der Waals surface area (Å²) in [5, 5.41) is 14.8. The molecule has 30 heavy (non-hydrogen) atoms. The number of nitrogens with zero attached hydrogens (tertiary/aromatic N) is 2. The SMILES string of the molecule is CC(C)(C)c1cc(NC(Cc2ccccn2)c2ccccn2)c(O)c(C(C)(C)C)c1. The lowest BCUT2D eigenvalue weighted by Crippen LogP contribution is -2.20. The smallest absolute Gasteiger partial charge is 0.142 e. The number of benzene rings is 1. The van der Waals surface area contributed by atoms with E-state index in [9.17, 15) is 5.11 Å². The monoisotopic (exact) mass is 403 g/mol. The zero-order chi connectivity index (χ0) is 21.9. The Bertz CT molecular complexity index is 971. The third kappa shape index (κ3) is 5.18. The van der Waals surface area contributed by atoms with Crippen molar-refractivity contribution < 1.29 is 5.11 Å². The standard InChI is InChI=1S/C26H33N3O/c1-25(2,3)18-15-20(26(4,5)6)24(30)23(16-18)29-22(21-12-8-10-14-28-21)17-19-11-7-9-13-27-19/h7-16,22,29-30H,17H2,1-6H3. The van der Waals surface area contributed by atoms with Gasteiger partial charge in [-0.1, -0.05) is 59.7 Å². The van der Waals surface area contributed by atoms with Crippen LogP contribution >= 0.6 is 0 Å². The molecule has 0 aliphatic rings. The number of phenolic OH excluding ortho intramolecular Hbond substituents is 1. The Morgan fingerprint density at radius 1 is 0.867 bits per heavy atom. The van der Waals surface area contributed by atoms with Crippen LogP contribution in [0.5, 0.6) is 5.75 Å². The number of hydrogen-bond acceptors (Lipinski definition) is 4. The second-order valence-corrected chi connectivity index (χ2v) is 9.90. The van der Waals surface area contributed by atoms with E-state index >= 15 is 0 Å². The van der Waals surface area contributed by atoms with Crippen LogP contribution in [-0.4, -0.2) is 15.1 Å². The van der Waals surface area contributed by atoms with E-state index in [2.05, 4.69) is 69.0 Å². The second-order valence-electron chi connectivity index (χ2n) is 9.90. The molecule has 0 saturated carbocycles. The Balaban J connectivity index is 2.07. The molecule has 1 aromatic carbocycles. The number of rotatable bonds is 5. The molecule has 0 amide bonds. The van der Waals surface area contributed by atoms with Crippen molar-refractivity contribution in [2.45, 2.75) is 64.8 Å². The molecular formula is C26H33N3O. The summed E-state index contributed by atoms with van der Waals surface area (Å²) in [6.45, 7) is 13.0. The lowest BCUT2D eigenvalue weighted by molar-refractivity contribution is 0.445. The minimum atomic E-state index is -0.177. The van der Waals surface area contributed by atoms with Crippen LogP contribution in [0.25, 0.3) is 0 Å². The molecule has 0 bridgehead atoms. The zero-order valence-corrected chi connectivity index (χ0v) is 18.9. The molecule has 1 unspecified atom stereocenters. The van der Waals surface area contributed by atoms with Crippen LogP contribution < -0.4 is 5.32 Å². The van der Waals surface area contributed by atoms with Gasteiger partial charge in [0.25, 0.3) is 0 Å². The number of nitrogens with one attached hydrogen (secondary N) is 1. The average molecular weight is 404 g/mol. The topological polar surface area (TPSA) is 58.0 Å². The molecule has 4 heteroatoms. The maximum absolute atomic E-state index is 11.2. The Hall–Kier alpha value is -2.88. The molecule has 0 radical (unpaired) electrons. The van der Waals surface area contributed by atoms with Crippen LogP contribution in [-0.2, 0) is 17.3 Å². The van der Waals surface area contributed by atoms with E-state index in [1.54, 1.807) is 12.4 Å². The predicted molar refractivity (Wildman–Crippen MR) is 124 cm³/mol. The Labute approximate surface area is 180 Å². The first kappa shape index (κ1) is 21.8. The first-order valence-corrected chi connectivity index (χ1v) is 10.5. The molecule has 4 nitrogen and oxygen atoms in total. The van der Waals surface area contributed by atoms with Crippen molar-refractivity contribution in [3.63, 3.8) is 0 Å². The van der Waals surface area contributed by atoms with Crippen molar-refractivity contribution in [2.24, 2.45) is 0 Å². The van der Waals surface area contributed by atoms with Gasteiger partial charge >= 0.3 is 0 Å². The van der Waals surface area contributed by atoms with Crippen LogP contribution in [0.1, 0.15) is 70.1 Å². The van der Waals surface area contributed by atoms with E-state index in [0.717, 1.165) is 22.6 Å². The summed E-state index contributed by atoms with van der Waals surface area (Å²) in [5.41, 5.74) is 4.54. The summed E-state index contributed by atoms with van der Waals surface area (Å²) in [7, 11) is 0. The number of hydrogen-bond donors (Lipinski definition) is 2. The number of phenols is 1. The molecule has 2 heterocycles. The molecule has 0 aliphatic carbocycles. The van der Waals surface area contributed by atoms with Crippen LogP contribution in [0.15, 0.2) is 60.9 Å². The van der Waals surface area contributed by atoms with Crippen LogP contribution in [0.4, 0.5) is 5.69 Å². The minimum Gasteiger partial charge on any atom is -0.505 e. The molecule has 2 aromatic heterocycles. The lowest BCUT2D eigenvalue weighted by atomic mass is 9.79. The summed E-state index contributed by atoms with van der Waals surface area (Å²) in [4.78, 5) is 9.06. The van der Waals surface area contributed by atoms with Gasteiger partial charge in [-0.25, -0.2) is 0 Å². The molecule has 0 spiro atoms. The van der Waals surface area contributed by atoms with E-state index in [-0.39, 0.29) is 16.9 Å². The number of anilines is 1.